The standard InChI is InChI=1S/C17H22N/c1-12(2)15-7-9-17(18(5)11-15)16-8-6-13(3)10-14(16)4/h6-12H,1-5H3/q+1/i1D3,2D3,3D3,12D. The fourth-order valence-corrected chi connectivity index (χ4v) is 1.99. The Labute approximate surface area is 124 Å². The van der Waals surface area contributed by atoms with Crippen molar-refractivity contribution in [2.24, 2.45) is 7.05 Å². The third-order valence-electron chi connectivity index (χ3n) is 2.92. The summed E-state index contributed by atoms with van der Waals surface area (Å²) in [6.07, 6.45) is 1.33. The summed E-state index contributed by atoms with van der Waals surface area (Å²) in [4.78, 5) is 0. The predicted molar refractivity (Wildman–Crippen MR) is 76.6 cm³/mol. The molecule has 0 radical (unpaired) electrons. The van der Waals surface area contributed by atoms with E-state index in [4.69, 9.17) is 13.7 Å². The van der Waals surface area contributed by atoms with Crippen molar-refractivity contribution in [1.82, 2.24) is 0 Å². The van der Waals surface area contributed by atoms with Crippen molar-refractivity contribution in [3.63, 3.8) is 0 Å². The maximum absolute atomic E-state index is 8.27. The van der Waals surface area contributed by atoms with Crippen molar-refractivity contribution in [3.05, 3.63) is 53.2 Å². The molecule has 1 nitrogen and oxygen atoms in total. The fraction of sp³-hybridized carbons (Fsp3) is 0.353. The Kier molecular flexibility index (Phi) is 1.41. The number of aromatic nitrogens is 1. The van der Waals surface area contributed by atoms with Crippen LogP contribution in [-0.2, 0) is 7.05 Å². The molecule has 1 heterocycles. The summed E-state index contributed by atoms with van der Waals surface area (Å²) in [5, 5.41) is 0. The summed E-state index contributed by atoms with van der Waals surface area (Å²) in [5.74, 6) is -2.77. The van der Waals surface area contributed by atoms with Crippen LogP contribution in [0.4, 0.5) is 0 Å². The van der Waals surface area contributed by atoms with Gasteiger partial charge >= 0.3 is 0 Å². The van der Waals surface area contributed by atoms with Gasteiger partial charge in [0.15, 0.2) is 6.20 Å². The fourth-order valence-electron chi connectivity index (χ4n) is 1.99. The largest absolute Gasteiger partial charge is 0.212 e. The Morgan fingerprint density at radius 2 is 2.06 bits per heavy atom. The lowest BCUT2D eigenvalue weighted by atomic mass is 10.00. The molecule has 0 N–H and O–H groups in total. The van der Waals surface area contributed by atoms with E-state index in [0.717, 1.165) is 5.56 Å². The van der Waals surface area contributed by atoms with Gasteiger partial charge in [-0.05, 0) is 37.4 Å². The molecule has 1 heteroatoms. The lowest BCUT2D eigenvalue weighted by Crippen LogP contribution is -2.31. The normalized spacial score (nSPS) is 21.9. The molecule has 2 rings (SSSR count). The highest BCUT2D eigenvalue weighted by Crippen LogP contribution is 2.22. The van der Waals surface area contributed by atoms with Gasteiger partial charge in [0, 0.05) is 30.9 Å². The van der Waals surface area contributed by atoms with Gasteiger partial charge in [-0.15, -0.1) is 0 Å². The second kappa shape index (κ2) is 4.93. The van der Waals surface area contributed by atoms with Crippen LogP contribution in [0, 0.1) is 13.8 Å². The summed E-state index contributed by atoms with van der Waals surface area (Å²) in [6, 6.07) is 7.61. The van der Waals surface area contributed by atoms with Crippen molar-refractivity contribution in [2.45, 2.75) is 33.4 Å². The quantitative estimate of drug-likeness (QED) is 0.711. The highest BCUT2D eigenvalue weighted by molar-refractivity contribution is 5.61. The van der Waals surface area contributed by atoms with Crippen LogP contribution in [0.15, 0.2) is 36.5 Å². The minimum Gasteiger partial charge on any atom is -0.201 e. The van der Waals surface area contributed by atoms with Gasteiger partial charge in [-0.2, -0.15) is 0 Å². The molecule has 0 saturated carbocycles. The van der Waals surface area contributed by atoms with Crippen LogP contribution in [0.3, 0.4) is 0 Å². The van der Waals surface area contributed by atoms with Gasteiger partial charge in [-0.3, -0.25) is 0 Å². The molecule has 1 aromatic carbocycles. The maximum Gasteiger partial charge on any atom is 0.212 e. The Morgan fingerprint density at radius 3 is 2.67 bits per heavy atom. The first-order chi connectivity index (χ1) is 12.5. The van der Waals surface area contributed by atoms with Crippen molar-refractivity contribution < 1.29 is 18.3 Å². The summed E-state index contributed by atoms with van der Waals surface area (Å²) < 4.78 is 78.0. The predicted octanol–water partition coefficient (Wildman–Crippen LogP) is 3.92. The van der Waals surface area contributed by atoms with Crippen LogP contribution in [-0.4, -0.2) is 0 Å². The SMILES string of the molecule is [2H]C([2H])([2H])c1ccc(-c2ccc(C([2H])(C([2H])([2H])[2H])C([2H])([2H])[2H])c[n+]2C)c(C)c1. The van der Waals surface area contributed by atoms with E-state index in [9.17, 15) is 0 Å². The maximum atomic E-state index is 8.27. The number of aryl methyl sites for hydroxylation is 3. The molecule has 0 aliphatic carbocycles. The minimum absolute atomic E-state index is 0.143. The van der Waals surface area contributed by atoms with Crippen LogP contribution in [0.1, 0.15) is 50.0 Å². The number of benzene rings is 1. The lowest BCUT2D eigenvalue weighted by molar-refractivity contribution is -0.660. The van der Waals surface area contributed by atoms with Crippen LogP contribution in [0.5, 0.6) is 0 Å². The average Bonchev–Trinajstić information content (AvgIpc) is 2.51. The molecule has 18 heavy (non-hydrogen) atoms. The van der Waals surface area contributed by atoms with Gasteiger partial charge in [-0.1, -0.05) is 31.4 Å². The van der Waals surface area contributed by atoms with E-state index in [0.29, 0.717) is 11.3 Å². The number of nitrogens with zero attached hydrogens (tertiary/aromatic N) is 1. The van der Waals surface area contributed by atoms with Crippen molar-refractivity contribution >= 4 is 0 Å². The van der Waals surface area contributed by atoms with Gasteiger partial charge < -0.3 is 0 Å². The molecule has 94 valence electrons. The molecule has 0 fully saturated rings. The van der Waals surface area contributed by atoms with Gasteiger partial charge in [0.25, 0.3) is 0 Å². The zero-order chi connectivity index (χ0) is 21.7. The van der Waals surface area contributed by atoms with E-state index >= 15 is 0 Å². The summed E-state index contributed by atoms with van der Waals surface area (Å²) in [5.41, 5.74) is 2.14. The molecule has 0 aliphatic heterocycles. The Balaban J connectivity index is 2.60. The number of rotatable bonds is 2. The molecule has 2 aromatic rings. The van der Waals surface area contributed by atoms with Crippen LogP contribution in [0.25, 0.3) is 11.3 Å². The average molecular weight is 250 g/mol. The first kappa shape index (κ1) is 5.16. The monoisotopic (exact) mass is 250 g/mol. The van der Waals surface area contributed by atoms with Crippen LogP contribution >= 0.6 is 0 Å². The highest BCUT2D eigenvalue weighted by atomic mass is 14.9. The number of hydrogen-bond acceptors (Lipinski definition) is 0. The van der Waals surface area contributed by atoms with Crippen LogP contribution < -0.4 is 4.57 Å². The minimum atomic E-state index is -3.05. The molecular weight excluding hydrogens is 218 g/mol. The van der Waals surface area contributed by atoms with Gasteiger partial charge in [0.2, 0.25) is 5.69 Å². The molecular formula is C17H22N+. The first-order valence-corrected chi connectivity index (χ1v) is 5.62. The highest BCUT2D eigenvalue weighted by Gasteiger charge is 2.13. The van der Waals surface area contributed by atoms with Crippen molar-refractivity contribution in [3.8, 4) is 11.3 Å². The van der Waals surface area contributed by atoms with E-state index in [1.165, 1.54) is 18.3 Å². The van der Waals surface area contributed by atoms with Gasteiger partial charge in [0.1, 0.15) is 7.05 Å². The molecule has 0 bridgehead atoms. The Bertz CT molecular complexity index is 863. The number of pyridine rings is 1. The zero-order valence-electron chi connectivity index (χ0n) is 20.4. The molecule has 0 saturated heterocycles. The molecule has 0 unspecified atom stereocenters. The van der Waals surface area contributed by atoms with E-state index in [-0.39, 0.29) is 11.1 Å². The molecule has 0 amide bonds. The van der Waals surface area contributed by atoms with Gasteiger partial charge in [0.05, 0.1) is 0 Å². The topological polar surface area (TPSA) is 3.88 Å². The smallest absolute Gasteiger partial charge is 0.201 e. The van der Waals surface area contributed by atoms with Gasteiger partial charge in [-0.25, -0.2) is 4.57 Å². The van der Waals surface area contributed by atoms with Crippen LogP contribution in [0.2, 0.25) is 0 Å². The second-order valence-electron chi connectivity index (χ2n) is 4.32. The first-order valence-electron chi connectivity index (χ1n) is 10.6. The van der Waals surface area contributed by atoms with E-state index in [1.54, 1.807) is 36.7 Å². The Morgan fingerprint density at radius 1 is 1.22 bits per heavy atom. The van der Waals surface area contributed by atoms with E-state index < -0.39 is 26.4 Å². The Hall–Kier alpha value is -1.63. The van der Waals surface area contributed by atoms with E-state index in [1.807, 2.05) is 0 Å². The third-order valence-corrected chi connectivity index (χ3v) is 2.92. The van der Waals surface area contributed by atoms with Crippen molar-refractivity contribution in [2.75, 3.05) is 0 Å². The summed E-state index contributed by atoms with van der Waals surface area (Å²) in [7, 11) is 1.62. The summed E-state index contributed by atoms with van der Waals surface area (Å²) in [6.45, 7) is -6.56. The molecule has 1 aromatic heterocycles. The molecule has 0 spiro atoms. The van der Waals surface area contributed by atoms with Crippen molar-refractivity contribution in [1.29, 1.82) is 0 Å². The third kappa shape index (κ3) is 2.45. The van der Waals surface area contributed by atoms with E-state index in [2.05, 4.69) is 0 Å². The lowest BCUT2D eigenvalue weighted by Gasteiger charge is -2.08. The number of hydrogen-bond donors (Lipinski definition) is 0. The zero-order valence-corrected chi connectivity index (χ0v) is 10.4. The second-order valence-corrected chi connectivity index (χ2v) is 4.32. The molecule has 0 atom stereocenters. The molecule has 0 aliphatic rings. The summed E-state index contributed by atoms with van der Waals surface area (Å²) >= 11 is 0.